The molecule has 3 rings (SSSR count). The molecule has 0 atom stereocenters. The van der Waals surface area contributed by atoms with Crippen molar-refractivity contribution in [3.63, 3.8) is 0 Å². The molecule has 25 heavy (non-hydrogen) atoms. The monoisotopic (exact) mass is 365 g/mol. The van der Waals surface area contributed by atoms with Gasteiger partial charge < -0.3 is 10.0 Å². The minimum absolute atomic E-state index is 0.123. The highest BCUT2D eigenvalue weighted by molar-refractivity contribution is 8.00. The zero-order valence-electron chi connectivity index (χ0n) is 13.4. The van der Waals surface area contributed by atoms with Gasteiger partial charge in [-0.05, 0) is 42.3 Å². The first-order valence-electron chi connectivity index (χ1n) is 7.47. The first-order chi connectivity index (χ1) is 12.1. The maximum absolute atomic E-state index is 11.1. The second kappa shape index (κ2) is 7.88. The van der Waals surface area contributed by atoms with E-state index in [0.29, 0.717) is 5.13 Å². The van der Waals surface area contributed by atoms with Gasteiger partial charge >= 0.3 is 0 Å². The number of aromatic nitrogens is 1. The van der Waals surface area contributed by atoms with E-state index in [1.165, 1.54) is 30.2 Å². The summed E-state index contributed by atoms with van der Waals surface area (Å²) in [6.45, 7) is 1.47. The fourth-order valence-corrected chi connectivity index (χ4v) is 3.58. The molecule has 1 aromatic heterocycles. The van der Waals surface area contributed by atoms with Gasteiger partial charge in [-0.1, -0.05) is 24.1 Å². The summed E-state index contributed by atoms with van der Waals surface area (Å²) >= 11 is 2.91. The molecule has 1 heterocycles. The Labute approximate surface area is 154 Å². The van der Waals surface area contributed by atoms with Crippen molar-refractivity contribution in [3.05, 3.63) is 59.5 Å². The molecule has 0 saturated carbocycles. The number of anilines is 2. The fourth-order valence-electron chi connectivity index (χ4n) is 2.12. The average Bonchev–Trinajstić information content (AvgIpc) is 3.08. The maximum atomic E-state index is 11.1. The SMILES string of the molecule is C#Cc1cccc(SNc2cccc(-c3csc(NC(C)=O)n3)c2)c1. The van der Waals surface area contributed by atoms with E-state index in [2.05, 4.69) is 20.9 Å². The molecule has 4 nitrogen and oxygen atoms in total. The largest absolute Gasteiger partial charge is 0.326 e. The Morgan fingerprint density at radius 3 is 2.88 bits per heavy atom. The molecule has 6 heteroatoms. The molecule has 0 unspecified atom stereocenters. The number of carbonyl (C=O) groups excluding carboxylic acids is 1. The highest BCUT2D eigenvalue weighted by Crippen LogP contribution is 2.28. The normalized spacial score (nSPS) is 10.1. The zero-order valence-corrected chi connectivity index (χ0v) is 15.1. The van der Waals surface area contributed by atoms with Crippen LogP contribution in [0, 0.1) is 12.3 Å². The molecule has 0 saturated heterocycles. The van der Waals surface area contributed by atoms with Crippen LogP contribution >= 0.6 is 23.3 Å². The van der Waals surface area contributed by atoms with E-state index in [-0.39, 0.29) is 5.91 Å². The topological polar surface area (TPSA) is 54.0 Å². The molecule has 3 aromatic rings. The lowest BCUT2D eigenvalue weighted by Crippen LogP contribution is -2.04. The van der Waals surface area contributed by atoms with Crippen LogP contribution in [-0.4, -0.2) is 10.9 Å². The van der Waals surface area contributed by atoms with Crippen molar-refractivity contribution < 1.29 is 4.79 Å². The van der Waals surface area contributed by atoms with E-state index >= 15 is 0 Å². The number of hydrogen-bond acceptors (Lipinski definition) is 5. The van der Waals surface area contributed by atoms with Crippen molar-refractivity contribution in [1.29, 1.82) is 0 Å². The lowest BCUT2D eigenvalue weighted by molar-refractivity contribution is -0.114. The molecule has 0 aliphatic heterocycles. The van der Waals surface area contributed by atoms with E-state index in [9.17, 15) is 4.79 Å². The van der Waals surface area contributed by atoms with Gasteiger partial charge in [0.2, 0.25) is 5.91 Å². The maximum Gasteiger partial charge on any atom is 0.223 e. The predicted octanol–water partition coefficient (Wildman–Crippen LogP) is 4.87. The molecular formula is C19H15N3OS2. The summed E-state index contributed by atoms with van der Waals surface area (Å²) in [5.41, 5.74) is 3.63. The fraction of sp³-hybridized carbons (Fsp3) is 0.0526. The third kappa shape index (κ3) is 4.63. The molecule has 0 aliphatic carbocycles. The van der Waals surface area contributed by atoms with Gasteiger partial charge in [0.05, 0.1) is 5.69 Å². The molecule has 0 radical (unpaired) electrons. The molecular weight excluding hydrogens is 350 g/mol. The van der Waals surface area contributed by atoms with E-state index in [1.807, 2.05) is 53.9 Å². The van der Waals surface area contributed by atoms with Crippen LogP contribution in [-0.2, 0) is 4.79 Å². The number of rotatable bonds is 5. The number of nitrogens with zero attached hydrogens (tertiary/aromatic N) is 1. The molecule has 0 spiro atoms. The van der Waals surface area contributed by atoms with E-state index in [4.69, 9.17) is 6.42 Å². The van der Waals surface area contributed by atoms with Gasteiger partial charge in [0, 0.05) is 34.0 Å². The number of hydrogen-bond donors (Lipinski definition) is 2. The molecule has 0 aliphatic rings. The Morgan fingerprint density at radius 2 is 2.08 bits per heavy atom. The number of benzene rings is 2. The number of amides is 1. The van der Waals surface area contributed by atoms with Crippen molar-refractivity contribution in [2.75, 3.05) is 10.0 Å². The van der Waals surface area contributed by atoms with Crippen LogP contribution in [0.4, 0.5) is 10.8 Å². The van der Waals surface area contributed by atoms with Gasteiger partial charge in [0.15, 0.2) is 5.13 Å². The lowest BCUT2D eigenvalue weighted by Gasteiger charge is -2.07. The third-order valence-corrected chi connectivity index (χ3v) is 4.82. The highest BCUT2D eigenvalue weighted by atomic mass is 32.2. The first-order valence-corrected chi connectivity index (χ1v) is 9.17. The summed E-state index contributed by atoms with van der Waals surface area (Å²) in [5, 5.41) is 5.22. The van der Waals surface area contributed by atoms with Crippen molar-refractivity contribution in [2.24, 2.45) is 0 Å². The Bertz CT molecular complexity index is 944. The average molecular weight is 365 g/mol. The molecule has 0 fully saturated rings. The van der Waals surface area contributed by atoms with Gasteiger partial charge in [-0.15, -0.1) is 17.8 Å². The van der Waals surface area contributed by atoms with Crippen LogP contribution in [0.2, 0.25) is 0 Å². The predicted molar refractivity (Wildman–Crippen MR) is 106 cm³/mol. The Morgan fingerprint density at radius 1 is 1.24 bits per heavy atom. The third-order valence-electron chi connectivity index (χ3n) is 3.23. The first kappa shape index (κ1) is 17.1. The number of terminal acetylenes is 1. The molecule has 124 valence electrons. The zero-order chi connectivity index (χ0) is 17.6. The second-order valence-corrected chi connectivity index (χ2v) is 6.91. The van der Waals surface area contributed by atoms with E-state index in [0.717, 1.165) is 27.4 Å². The second-order valence-electron chi connectivity index (χ2n) is 5.18. The van der Waals surface area contributed by atoms with Gasteiger partial charge in [-0.25, -0.2) is 4.98 Å². The van der Waals surface area contributed by atoms with Crippen LogP contribution in [0.5, 0.6) is 0 Å². The summed E-state index contributed by atoms with van der Waals surface area (Å²) < 4.78 is 3.32. The molecule has 2 aromatic carbocycles. The van der Waals surface area contributed by atoms with Crippen LogP contribution in [0.25, 0.3) is 11.3 Å². The van der Waals surface area contributed by atoms with Gasteiger partial charge in [-0.2, -0.15) is 0 Å². The van der Waals surface area contributed by atoms with Crippen molar-refractivity contribution in [3.8, 4) is 23.6 Å². The molecule has 2 N–H and O–H groups in total. The summed E-state index contributed by atoms with van der Waals surface area (Å²) in [6, 6.07) is 15.8. The minimum Gasteiger partial charge on any atom is -0.326 e. The Hall–Kier alpha value is -2.75. The summed E-state index contributed by atoms with van der Waals surface area (Å²) in [4.78, 5) is 16.6. The van der Waals surface area contributed by atoms with Gasteiger partial charge in [0.25, 0.3) is 0 Å². The van der Waals surface area contributed by atoms with Crippen LogP contribution in [0.1, 0.15) is 12.5 Å². The molecule has 0 bridgehead atoms. The van der Waals surface area contributed by atoms with Gasteiger partial charge in [0.1, 0.15) is 0 Å². The van der Waals surface area contributed by atoms with E-state index in [1.54, 1.807) is 0 Å². The van der Waals surface area contributed by atoms with Crippen molar-refractivity contribution in [1.82, 2.24) is 4.98 Å². The highest BCUT2D eigenvalue weighted by Gasteiger charge is 2.06. The summed E-state index contributed by atoms with van der Waals surface area (Å²) in [5.74, 6) is 2.51. The van der Waals surface area contributed by atoms with Crippen molar-refractivity contribution >= 4 is 40.0 Å². The van der Waals surface area contributed by atoms with Crippen molar-refractivity contribution in [2.45, 2.75) is 11.8 Å². The number of carbonyl (C=O) groups is 1. The number of nitrogens with one attached hydrogen (secondary N) is 2. The Kier molecular flexibility index (Phi) is 5.39. The minimum atomic E-state index is -0.123. The quantitative estimate of drug-likeness (QED) is 0.500. The van der Waals surface area contributed by atoms with Crippen LogP contribution in [0.3, 0.4) is 0 Å². The van der Waals surface area contributed by atoms with Crippen LogP contribution in [0.15, 0.2) is 58.8 Å². The lowest BCUT2D eigenvalue weighted by atomic mass is 10.1. The Balaban J connectivity index is 1.72. The summed E-state index contributed by atoms with van der Waals surface area (Å²) in [7, 11) is 0. The van der Waals surface area contributed by atoms with E-state index < -0.39 is 0 Å². The summed E-state index contributed by atoms with van der Waals surface area (Å²) in [6.07, 6.45) is 5.43. The van der Waals surface area contributed by atoms with Gasteiger partial charge in [-0.3, -0.25) is 4.79 Å². The van der Waals surface area contributed by atoms with Crippen LogP contribution < -0.4 is 10.0 Å². The number of thiazole rings is 1. The smallest absolute Gasteiger partial charge is 0.223 e. The molecule has 1 amide bonds. The standard InChI is InChI=1S/C19H15N3OS2/c1-3-14-6-4-9-17(10-14)25-22-16-8-5-7-15(11-16)18-12-24-19(21-18)20-13(2)23/h1,4-12,22H,2H3,(H,20,21,23).